The van der Waals surface area contributed by atoms with Crippen LogP contribution in [0.25, 0.3) is 22.0 Å². The molecule has 2 aromatic carbocycles. The van der Waals surface area contributed by atoms with E-state index >= 15 is 0 Å². The summed E-state index contributed by atoms with van der Waals surface area (Å²) in [5.41, 5.74) is 1.21. The highest BCUT2D eigenvalue weighted by molar-refractivity contribution is 7.92. The summed E-state index contributed by atoms with van der Waals surface area (Å²) in [5, 5.41) is 27.2. The summed E-state index contributed by atoms with van der Waals surface area (Å²) in [6.07, 6.45) is -0.279. The number of carbonyl (C=O) groups is 1. The normalized spacial score (nSPS) is 12.5. The van der Waals surface area contributed by atoms with Crippen molar-refractivity contribution in [2.75, 3.05) is 11.0 Å². The number of pyridine rings is 1. The molecule has 10 nitrogen and oxygen atoms in total. The Morgan fingerprint density at radius 3 is 2.54 bits per heavy atom. The molecule has 1 atom stereocenters. The third-order valence-corrected chi connectivity index (χ3v) is 6.77. The molecule has 41 heavy (non-hydrogen) atoms. The fourth-order valence-electron chi connectivity index (χ4n) is 4.36. The van der Waals surface area contributed by atoms with Crippen LogP contribution in [0.1, 0.15) is 36.8 Å². The number of halogens is 2. The first-order chi connectivity index (χ1) is 19.1. The monoisotopic (exact) mass is 599 g/mol. The lowest BCUT2D eigenvalue weighted by atomic mass is 9.94. The van der Waals surface area contributed by atoms with E-state index < -0.39 is 33.6 Å². The summed E-state index contributed by atoms with van der Waals surface area (Å²) in [4.78, 5) is 16.6. The van der Waals surface area contributed by atoms with Crippen molar-refractivity contribution < 1.29 is 27.8 Å². The molecule has 0 aliphatic carbocycles. The highest BCUT2D eigenvalue weighted by Crippen LogP contribution is 2.39. The Hall–Kier alpha value is -4.18. The van der Waals surface area contributed by atoms with Crippen molar-refractivity contribution in [3.05, 3.63) is 76.3 Å². The largest absolute Gasteiger partial charge is 0.465 e. The van der Waals surface area contributed by atoms with Gasteiger partial charge in [-0.05, 0) is 62.1 Å². The first kappa shape index (κ1) is 29.8. The molecule has 214 valence electrons. The molecule has 0 aliphatic rings. The standard InChI is InChI=1S/C28H27ClFN5O5S/c1-28(2,38)13-12-18-8-9-19(24(31-18)22(32-27(36)37)15-16-6-5-7-17(30)14-16)20-10-11-21(29)23-25(20)35(3)33-26(23)34-41(4,39)40/h5-11,14,22,32,38H,15H2,1-4H3,(H,33,34)(H,36,37). The summed E-state index contributed by atoms with van der Waals surface area (Å²) in [6.45, 7) is 3.03. The van der Waals surface area contributed by atoms with E-state index in [0.717, 1.165) is 6.26 Å². The molecule has 4 aromatic rings. The second-order valence-corrected chi connectivity index (χ2v) is 12.1. The minimum atomic E-state index is -3.69. The second-order valence-electron chi connectivity index (χ2n) is 9.94. The first-order valence-corrected chi connectivity index (χ1v) is 14.5. The van der Waals surface area contributed by atoms with Gasteiger partial charge in [0.2, 0.25) is 10.0 Å². The Balaban J connectivity index is 2.00. The van der Waals surface area contributed by atoms with Crippen molar-refractivity contribution >= 4 is 44.4 Å². The van der Waals surface area contributed by atoms with Gasteiger partial charge in [0.15, 0.2) is 5.82 Å². The number of hydrogen-bond acceptors (Lipinski definition) is 6. The number of nitrogens with zero attached hydrogens (tertiary/aromatic N) is 3. The van der Waals surface area contributed by atoms with Gasteiger partial charge >= 0.3 is 6.09 Å². The van der Waals surface area contributed by atoms with E-state index in [0.29, 0.717) is 27.6 Å². The maximum absolute atomic E-state index is 14.0. The van der Waals surface area contributed by atoms with Crippen LogP contribution in [0.5, 0.6) is 0 Å². The molecule has 0 spiro atoms. The third kappa shape index (κ3) is 7.32. The topological polar surface area (TPSA) is 146 Å². The van der Waals surface area contributed by atoms with Gasteiger partial charge in [-0.1, -0.05) is 35.7 Å². The molecule has 4 N–H and O–H groups in total. The van der Waals surface area contributed by atoms with Crippen molar-refractivity contribution in [1.82, 2.24) is 20.1 Å². The molecule has 0 bridgehead atoms. The number of aromatic nitrogens is 3. The number of nitrogens with one attached hydrogen (secondary N) is 2. The predicted molar refractivity (Wildman–Crippen MR) is 155 cm³/mol. The number of rotatable bonds is 7. The Bertz CT molecular complexity index is 1820. The van der Waals surface area contributed by atoms with Crippen molar-refractivity contribution in [3.8, 4) is 23.0 Å². The van der Waals surface area contributed by atoms with Crippen LogP contribution in [0.3, 0.4) is 0 Å². The first-order valence-electron chi connectivity index (χ1n) is 12.2. The van der Waals surface area contributed by atoms with Crippen molar-refractivity contribution in [2.45, 2.75) is 31.9 Å². The number of benzene rings is 2. The lowest BCUT2D eigenvalue weighted by molar-refractivity contribution is 0.143. The van der Waals surface area contributed by atoms with Gasteiger partial charge in [-0.15, -0.1) is 0 Å². The lowest BCUT2D eigenvalue weighted by Crippen LogP contribution is -2.29. The van der Waals surface area contributed by atoms with Gasteiger partial charge in [0.25, 0.3) is 0 Å². The van der Waals surface area contributed by atoms with Gasteiger partial charge in [0.05, 0.1) is 33.9 Å². The quantitative estimate of drug-likeness (QED) is 0.229. The van der Waals surface area contributed by atoms with Crippen molar-refractivity contribution in [2.24, 2.45) is 7.05 Å². The smallest absolute Gasteiger partial charge is 0.405 e. The van der Waals surface area contributed by atoms with Crippen LogP contribution in [0.4, 0.5) is 15.0 Å². The molecule has 0 saturated carbocycles. The van der Waals surface area contributed by atoms with Crippen molar-refractivity contribution in [3.63, 3.8) is 0 Å². The second kappa shape index (κ2) is 11.4. The van der Waals surface area contributed by atoms with Gasteiger partial charge in [-0.3, -0.25) is 9.40 Å². The Morgan fingerprint density at radius 1 is 1.20 bits per heavy atom. The molecule has 0 saturated heterocycles. The number of aryl methyl sites for hydroxylation is 1. The number of amides is 1. The molecule has 0 aliphatic heterocycles. The highest BCUT2D eigenvalue weighted by Gasteiger charge is 2.25. The van der Waals surface area contributed by atoms with E-state index in [1.807, 2.05) is 0 Å². The van der Waals surface area contributed by atoms with E-state index in [9.17, 15) is 27.8 Å². The molecular weight excluding hydrogens is 573 g/mol. The molecule has 1 amide bonds. The molecule has 1 unspecified atom stereocenters. The third-order valence-electron chi connectivity index (χ3n) is 5.89. The van der Waals surface area contributed by atoms with Crippen molar-refractivity contribution in [1.29, 1.82) is 0 Å². The zero-order valence-corrected chi connectivity index (χ0v) is 24.1. The summed E-state index contributed by atoms with van der Waals surface area (Å²) in [6, 6.07) is 11.4. The minimum Gasteiger partial charge on any atom is -0.465 e. The molecule has 4 rings (SSSR count). The number of fused-ring (bicyclic) bond motifs is 1. The molecule has 2 aromatic heterocycles. The SMILES string of the molecule is Cn1nc(NS(C)(=O)=O)c2c(Cl)ccc(-c3ccc(C#CC(C)(C)O)nc3C(Cc3cccc(F)c3)NC(=O)O)c21. The van der Waals surface area contributed by atoms with E-state index in [1.165, 1.54) is 36.7 Å². The van der Waals surface area contributed by atoms with Crippen LogP contribution in [0.2, 0.25) is 5.02 Å². The van der Waals surface area contributed by atoms with Gasteiger partial charge < -0.3 is 15.5 Å². The summed E-state index contributed by atoms with van der Waals surface area (Å²) in [5.74, 6) is 5.05. The molecule has 2 heterocycles. The van der Waals surface area contributed by atoms with Gasteiger partial charge in [0.1, 0.15) is 17.1 Å². The zero-order chi connectivity index (χ0) is 30.1. The Morgan fingerprint density at radius 2 is 1.90 bits per heavy atom. The van der Waals surface area contributed by atoms with Crippen LogP contribution >= 0.6 is 11.6 Å². The lowest BCUT2D eigenvalue weighted by Gasteiger charge is -2.21. The Labute approximate surface area is 241 Å². The average Bonchev–Trinajstić information content (AvgIpc) is 3.17. The minimum absolute atomic E-state index is 0.0268. The van der Waals surface area contributed by atoms with Gasteiger partial charge in [0, 0.05) is 18.2 Å². The molecule has 0 fully saturated rings. The van der Waals surface area contributed by atoms with E-state index in [2.05, 4.69) is 32.0 Å². The fraction of sp³-hybridized carbons (Fsp3) is 0.250. The van der Waals surface area contributed by atoms with Crippen LogP contribution in [0, 0.1) is 17.7 Å². The number of carboxylic acid groups (broad SMARTS) is 1. The Kier molecular flexibility index (Phi) is 8.26. The predicted octanol–water partition coefficient (Wildman–Crippen LogP) is 4.47. The molecule has 0 radical (unpaired) electrons. The summed E-state index contributed by atoms with van der Waals surface area (Å²) >= 11 is 6.49. The number of aliphatic hydroxyl groups is 1. The number of anilines is 1. The van der Waals surface area contributed by atoms with E-state index in [-0.39, 0.29) is 28.6 Å². The number of sulfonamides is 1. The van der Waals surface area contributed by atoms with E-state index in [1.54, 1.807) is 37.4 Å². The average molecular weight is 600 g/mol. The zero-order valence-electron chi connectivity index (χ0n) is 22.5. The van der Waals surface area contributed by atoms with Crippen LogP contribution in [-0.2, 0) is 23.5 Å². The summed E-state index contributed by atoms with van der Waals surface area (Å²) < 4.78 is 41.8. The summed E-state index contributed by atoms with van der Waals surface area (Å²) in [7, 11) is -2.07. The van der Waals surface area contributed by atoms with E-state index in [4.69, 9.17) is 11.6 Å². The fourth-order valence-corrected chi connectivity index (χ4v) is 5.10. The van der Waals surface area contributed by atoms with Crippen LogP contribution < -0.4 is 10.0 Å². The molecule has 13 heteroatoms. The van der Waals surface area contributed by atoms with Gasteiger partial charge in [-0.2, -0.15) is 5.10 Å². The maximum atomic E-state index is 14.0. The molecular formula is C28H27ClFN5O5S. The van der Waals surface area contributed by atoms with Gasteiger partial charge in [-0.25, -0.2) is 22.6 Å². The van der Waals surface area contributed by atoms with Crippen LogP contribution in [-0.4, -0.2) is 51.3 Å². The van der Waals surface area contributed by atoms with Crippen LogP contribution in [0.15, 0.2) is 48.5 Å². The maximum Gasteiger partial charge on any atom is 0.405 e. The number of hydrogen-bond donors (Lipinski definition) is 4. The highest BCUT2D eigenvalue weighted by atomic mass is 35.5.